The Hall–Kier alpha value is -2.65. The molecule has 7 nitrogen and oxygen atoms in total. The molecule has 168 valence electrons. The van der Waals surface area contributed by atoms with E-state index in [1.165, 1.54) is 11.8 Å². The topological polar surface area (TPSA) is 88.9 Å². The van der Waals surface area contributed by atoms with Crippen molar-refractivity contribution in [1.29, 1.82) is 0 Å². The van der Waals surface area contributed by atoms with Crippen LogP contribution in [0.2, 0.25) is 0 Å². The second kappa shape index (κ2) is 10.8. The van der Waals surface area contributed by atoms with Gasteiger partial charge >= 0.3 is 0 Å². The van der Waals surface area contributed by atoms with Gasteiger partial charge in [-0.05, 0) is 52.5 Å². The Labute approximate surface area is 200 Å². The molecule has 0 aliphatic carbocycles. The van der Waals surface area contributed by atoms with Crippen molar-refractivity contribution >= 4 is 45.2 Å². The minimum atomic E-state index is -0.354. The third kappa shape index (κ3) is 5.77. The van der Waals surface area contributed by atoms with Crippen LogP contribution in [0.5, 0.6) is 0 Å². The number of anilines is 1. The summed E-state index contributed by atoms with van der Waals surface area (Å²) in [6.45, 7) is 6.04. The zero-order valence-electron chi connectivity index (χ0n) is 18.4. The van der Waals surface area contributed by atoms with Gasteiger partial charge in [0.1, 0.15) is 0 Å². The first-order valence-corrected chi connectivity index (χ1v) is 12.0. The zero-order chi connectivity index (χ0) is 23.3. The number of thioether (sulfide) groups is 1. The fourth-order valence-electron chi connectivity index (χ4n) is 3.24. The molecule has 2 aromatic carbocycles. The molecule has 0 aliphatic heterocycles. The summed E-state index contributed by atoms with van der Waals surface area (Å²) in [5.74, 6) is 0.816. The van der Waals surface area contributed by atoms with E-state index >= 15 is 0 Å². The summed E-state index contributed by atoms with van der Waals surface area (Å²) in [6.07, 6.45) is 0. The Morgan fingerprint density at radius 1 is 1.06 bits per heavy atom. The largest absolute Gasteiger partial charge is 0.342 e. The van der Waals surface area contributed by atoms with Gasteiger partial charge in [-0.2, -0.15) is 0 Å². The number of aromatic nitrogens is 3. The van der Waals surface area contributed by atoms with E-state index in [-0.39, 0.29) is 23.6 Å². The number of rotatable bonds is 8. The molecule has 0 saturated carbocycles. The van der Waals surface area contributed by atoms with Gasteiger partial charge in [-0.1, -0.05) is 55.9 Å². The number of benzene rings is 2. The van der Waals surface area contributed by atoms with E-state index in [1.807, 2.05) is 56.4 Å². The van der Waals surface area contributed by atoms with Crippen LogP contribution in [0.25, 0.3) is 0 Å². The second-order valence-corrected chi connectivity index (χ2v) is 9.45. The van der Waals surface area contributed by atoms with Crippen LogP contribution in [-0.2, 0) is 11.8 Å². The normalized spacial score (nSPS) is 11.9. The molecule has 0 fully saturated rings. The number of carbonyl (C=O) groups excluding carboxylic acids is 2. The van der Waals surface area contributed by atoms with Crippen molar-refractivity contribution in [1.82, 2.24) is 20.1 Å². The maximum atomic E-state index is 12.6. The molecule has 0 unspecified atom stereocenters. The molecule has 1 aromatic heterocycles. The summed E-state index contributed by atoms with van der Waals surface area (Å²) in [6, 6.07) is 14.7. The number of carbonyl (C=O) groups is 2. The average molecular weight is 516 g/mol. The fraction of sp³-hybridized carbons (Fsp3) is 0.304. The molecule has 1 atom stereocenters. The molecule has 2 amide bonds. The van der Waals surface area contributed by atoms with Crippen LogP contribution < -0.4 is 10.6 Å². The number of nitrogens with zero attached hydrogens (tertiary/aromatic N) is 3. The van der Waals surface area contributed by atoms with Crippen molar-refractivity contribution in [3.05, 3.63) is 70.0 Å². The number of nitrogens with one attached hydrogen (secondary N) is 2. The summed E-state index contributed by atoms with van der Waals surface area (Å²) in [7, 11) is 1.82. The van der Waals surface area contributed by atoms with Crippen LogP contribution in [0.3, 0.4) is 0 Å². The molecular weight excluding hydrogens is 490 g/mol. The lowest BCUT2D eigenvalue weighted by molar-refractivity contribution is -0.113. The third-order valence-electron chi connectivity index (χ3n) is 4.91. The van der Waals surface area contributed by atoms with Crippen molar-refractivity contribution in [2.45, 2.75) is 37.9 Å². The van der Waals surface area contributed by atoms with Crippen molar-refractivity contribution < 1.29 is 9.59 Å². The molecule has 0 bridgehead atoms. The molecule has 0 saturated heterocycles. The molecule has 9 heteroatoms. The van der Waals surface area contributed by atoms with E-state index < -0.39 is 0 Å². The standard InChI is InChI=1S/C23H26BrN5O2S/c1-14(2)16-9-6-8-12-19(16)26-20(30)13-32-23-28-27-21(29(23)4)15(3)25-22(31)17-10-5-7-11-18(17)24/h5-12,14-15H,13H2,1-4H3,(H,25,31)(H,26,30)/t15-/m0/s1. The molecule has 2 N–H and O–H groups in total. The smallest absolute Gasteiger partial charge is 0.253 e. The van der Waals surface area contributed by atoms with Crippen LogP contribution in [0.4, 0.5) is 5.69 Å². The van der Waals surface area contributed by atoms with E-state index in [4.69, 9.17) is 0 Å². The lowest BCUT2D eigenvalue weighted by atomic mass is 10.0. The lowest BCUT2D eigenvalue weighted by Gasteiger charge is -2.14. The zero-order valence-corrected chi connectivity index (χ0v) is 20.8. The van der Waals surface area contributed by atoms with Gasteiger partial charge in [0.25, 0.3) is 5.91 Å². The van der Waals surface area contributed by atoms with Crippen molar-refractivity contribution in [3.8, 4) is 0 Å². The summed E-state index contributed by atoms with van der Waals surface area (Å²) in [4.78, 5) is 25.1. The third-order valence-corrected chi connectivity index (χ3v) is 6.62. The molecule has 1 heterocycles. The van der Waals surface area contributed by atoms with Crippen LogP contribution in [0.15, 0.2) is 58.2 Å². The first-order valence-electron chi connectivity index (χ1n) is 10.2. The highest BCUT2D eigenvalue weighted by Crippen LogP contribution is 2.25. The predicted molar refractivity (Wildman–Crippen MR) is 131 cm³/mol. The molecule has 0 spiro atoms. The Morgan fingerprint density at radius 2 is 1.75 bits per heavy atom. The number of amides is 2. The summed E-state index contributed by atoms with van der Waals surface area (Å²) < 4.78 is 2.52. The van der Waals surface area contributed by atoms with Crippen LogP contribution >= 0.6 is 27.7 Å². The Kier molecular flexibility index (Phi) is 8.09. The predicted octanol–water partition coefficient (Wildman–Crippen LogP) is 4.92. The fourth-order valence-corrected chi connectivity index (χ4v) is 4.43. The van der Waals surface area contributed by atoms with E-state index in [2.05, 4.69) is 50.6 Å². The van der Waals surface area contributed by atoms with Crippen LogP contribution in [0.1, 0.15) is 54.5 Å². The number of para-hydroxylation sites is 1. The monoisotopic (exact) mass is 515 g/mol. The summed E-state index contributed by atoms with van der Waals surface area (Å²) >= 11 is 4.70. The van der Waals surface area contributed by atoms with E-state index in [0.717, 1.165) is 15.7 Å². The van der Waals surface area contributed by atoms with Gasteiger partial charge < -0.3 is 15.2 Å². The highest BCUT2D eigenvalue weighted by molar-refractivity contribution is 9.10. The van der Waals surface area contributed by atoms with Gasteiger partial charge in [0.15, 0.2) is 11.0 Å². The highest BCUT2D eigenvalue weighted by Gasteiger charge is 2.20. The molecule has 0 aliphatic rings. The summed E-state index contributed by atoms with van der Waals surface area (Å²) in [5, 5.41) is 14.9. The van der Waals surface area contributed by atoms with Gasteiger partial charge in [0.05, 0.1) is 17.4 Å². The molecular formula is C23H26BrN5O2S. The minimum Gasteiger partial charge on any atom is -0.342 e. The summed E-state index contributed by atoms with van der Waals surface area (Å²) in [5.41, 5.74) is 2.48. The van der Waals surface area contributed by atoms with Crippen LogP contribution in [0, 0.1) is 0 Å². The van der Waals surface area contributed by atoms with Crippen molar-refractivity contribution in [3.63, 3.8) is 0 Å². The Bertz CT molecular complexity index is 1120. The number of halogens is 1. The van der Waals surface area contributed by atoms with Crippen molar-refractivity contribution in [2.24, 2.45) is 7.05 Å². The molecule has 0 radical (unpaired) electrons. The quantitative estimate of drug-likeness (QED) is 0.415. The van der Waals surface area contributed by atoms with E-state index in [9.17, 15) is 9.59 Å². The number of hydrogen-bond acceptors (Lipinski definition) is 5. The first-order chi connectivity index (χ1) is 15.3. The minimum absolute atomic E-state index is 0.108. The number of hydrogen-bond donors (Lipinski definition) is 2. The van der Waals surface area contributed by atoms with Gasteiger partial charge in [-0.15, -0.1) is 10.2 Å². The highest BCUT2D eigenvalue weighted by atomic mass is 79.9. The lowest BCUT2D eigenvalue weighted by Crippen LogP contribution is -2.28. The van der Waals surface area contributed by atoms with Gasteiger partial charge in [0.2, 0.25) is 5.91 Å². The maximum Gasteiger partial charge on any atom is 0.253 e. The Morgan fingerprint density at radius 3 is 2.47 bits per heavy atom. The second-order valence-electron chi connectivity index (χ2n) is 7.65. The van der Waals surface area contributed by atoms with Gasteiger partial charge in [-0.25, -0.2) is 0 Å². The van der Waals surface area contributed by atoms with E-state index in [1.54, 1.807) is 10.6 Å². The molecule has 3 rings (SSSR count). The average Bonchev–Trinajstić information content (AvgIpc) is 3.13. The molecule has 32 heavy (non-hydrogen) atoms. The first kappa shape index (κ1) is 24.0. The van der Waals surface area contributed by atoms with Gasteiger partial charge in [0, 0.05) is 17.2 Å². The molecule has 3 aromatic rings. The maximum absolute atomic E-state index is 12.6. The van der Waals surface area contributed by atoms with Gasteiger partial charge in [-0.3, -0.25) is 9.59 Å². The van der Waals surface area contributed by atoms with E-state index in [0.29, 0.717) is 22.5 Å². The SMILES string of the molecule is CC(C)c1ccccc1NC(=O)CSc1nnc([C@H](C)NC(=O)c2ccccc2Br)n1C. The Balaban J connectivity index is 1.60. The van der Waals surface area contributed by atoms with Crippen LogP contribution in [-0.4, -0.2) is 32.3 Å². The van der Waals surface area contributed by atoms with Crippen molar-refractivity contribution in [2.75, 3.05) is 11.1 Å².